The zero-order valence-corrected chi connectivity index (χ0v) is 20.0. The molecule has 0 bridgehead atoms. The van der Waals surface area contributed by atoms with Crippen molar-refractivity contribution in [3.63, 3.8) is 0 Å². The van der Waals surface area contributed by atoms with Gasteiger partial charge >= 0.3 is 0 Å². The van der Waals surface area contributed by atoms with Crippen LogP contribution in [-0.4, -0.2) is 28.9 Å². The summed E-state index contributed by atoms with van der Waals surface area (Å²) < 4.78 is 5.81. The quantitative estimate of drug-likeness (QED) is 0.311. The van der Waals surface area contributed by atoms with Gasteiger partial charge in [0.1, 0.15) is 24.1 Å². The normalized spacial score (nSPS) is 12.2. The van der Waals surface area contributed by atoms with Crippen LogP contribution in [0.1, 0.15) is 24.5 Å². The first-order valence-electron chi connectivity index (χ1n) is 11.6. The molecule has 8 heteroatoms. The van der Waals surface area contributed by atoms with E-state index in [-0.39, 0.29) is 18.6 Å². The van der Waals surface area contributed by atoms with Crippen LogP contribution in [-0.2, 0) is 27.4 Å². The highest BCUT2D eigenvalue weighted by atomic mass is 16.5. The number of primary amides is 1. The van der Waals surface area contributed by atoms with Gasteiger partial charge in [0.15, 0.2) is 0 Å². The fourth-order valence-corrected chi connectivity index (χ4v) is 3.35. The molecule has 0 aliphatic heterocycles. The molecule has 0 spiro atoms. The third kappa shape index (κ3) is 8.47. The van der Waals surface area contributed by atoms with Crippen molar-refractivity contribution in [3.8, 4) is 11.5 Å². The van der Waals surface area contributed by atoms with Crippen LogP contribution in [0.25, 0.3) is 0 Å². The Bertz CT molecular complexity index is 1170. The largest absolute Gasteiger partial charge is 0.508 e. The standard InChI is InChI=1S/C28H30N3O5/c1-19(27(29)34)10-15-26(33)31-25(28(35)30-22-8-5-9-23(32)17-22)16-20-11-13-24(14-12-20)36-18-21-6-3-2-4-7-21/h2-9,11-15,17,19,25,32H,10,16,18H2,1H3,(H2,29,34)(H,30,35)(H,31,33). The van der Waals surface area contributed by atoms with E-state index in [1.165, 1.54) is 18.6 Å². The highest BCUT2D eigenvalue weighted by molar-refractivity contribution is 5.98. The van der Waals surface area contributed by atoms with Crippen LogP contribution in [0.2, 0.25) is 0 Å². The number of phenols is 1. The molecule has 0 aromatic heterocycles. The minimum absolute atomic E-state index is 0.00764. The maximum Gasteiger partial charge on any atom is 0.247 e. The second-order valence-electron chi connectivity index (χ2n) is 8.47. The van der Waals surface area contributed by atoms with Gasteiger partial charge in [-0.3, -0.25) is 14.4 Å². The molecule has 2 unspecified atom stereocenters. The van der Waals surface area contributed by atoms with E-state index in [4.69, 9.17) is 10.5 Å². The molecule has 0 fully saturated rings. The Balaban J connectivity index is 1.65. The number of phenolic OH excluding ortho intramolecular Hbond substituents is 1. The Morgan fingerprint density at radius 1 is 0.972 bits per heavy atom. The number of hydrogen-bond donors (Lipinski definition) is 4. The predicted octanol–water partition coefficient (Wildman–Crippen LogP) is 3.35. The van der Waals surface area contributed by atoms with Gasteiger partial charge in [-0.05, 0) is 41.8 Å². The monoisotopic (exact) mass is 488 g/mol. The molecule has 36 heavy (non-hydrogen) atoms. The lowest BCUT2D eigenvalue weighted by Gasteiger charge is -2.19. The lowest BCUT2D eigenvalue weighted by molar-refractivity contribution is -0.125. The summed E-state index contributed by atoms with van der Waals surface area (Å²) in [4.78, 5) is 36.8. The van der Waals surface area contributed by atoms with Gasteiger partial charge in [-0.2, -0.15) is 0 Å². The minimum atomic E-state index is -0.906. The molecule has 2 atom stereocenters. The van der Waals surface area contributed by atoms with Crippen LogP contribution in [0.15, 0.2) is 78.9 Å². The van der Waals surface area contributed by atoms with E-state index in [0.717, 1.165) is 11.1 Å². The average molecular weight is 489 g/mol. The van der Waals surface area contributed by atoms with E-state index in [1.807, 2.05) is 54.6 Å². The van der Waals surface area contributed by atoms with E-state index >= 15 is 0 Å². The van der Waals surface area contributed by atoms with E-state index in [2.05, 4.69) is 10.6 Å². The van der Waals surface area contributed by atoms with Crippen molar-refractivity contribution < 1.29 is 24.2 Å². The summed E-state index contributed by atoms with van der Waals surface area (Å²) >= 11 is 0. The summed E-state index contributed by atoms with van der Waals surface area (Å²) in [5, 5.41) is 15.1. The van der Waals surface area contributed by atoms with Crippen molar-refractivity contribution in [2.75, 3.05) is 5.32 Å². The van der Waals surface area contributed by atoms with Gasteiger partial charge in [0.2, 0.25) is 17.7 Å². The van der Waals surface area contributed by atoms with Crippen molar-refractivity contribution in [1.29, 1.82) is 0 Å². The number of nitrogens with one attached hydrogen (secondary N) is 2. The molecule has 3 rings (SSSR count). The van der Waals surface area contributed by atoms with Gasteiger partial charge in [0.25, 0.3) is 0 Å². The third-order valence-corrected chi connectivity index (χ3v) is 5.50. The van der Waals surface area contributed by atoms with Gasteiger partial charge in [0.05, 0.1) is 6.42 Å². The summed E-state index contributed by atoms with van der Waals surface area (Å²) in [5.74, 6) is -1.25. The highest BCUT2D eigenvalue weighted by Crippen LogP contribution is 2.18. The van der Waals surface area contributed by atoms with E-state index in [9.17, 15) is 19.5 Å². The Labute approximate surface area is 210 Å². The maximum atomic E-state index is 13.0. The van der Waals surface area contributed by atoms with Gasteiger partial charge < -0.3 is 26.2 Å². The van der Waals surface area contributed by atoms with Crippen molar-refractivity contribution in [3.05, 3.63) is 96.4 Å². The molecule has 0 aliphatic carbocycles. The SMILES string of the molecule is CC(C[CH]C(=O)NC(Cc1ccc(OCc2ccccc2)cc1)C(=O)Nc1cccc(O)c1)C(N)=O. The number of ether oxygens (including phenoxy) is 1. The van der Waals surface area contributed by atoms with Crippen LogP contribution in [0.3, 0.4) is 0 Å². The van der Waals surface area contributed by atoms with E-state index in [0.29, 0.717) is 18.0 Å². The molecule has 0 saturated carbocycles. The molecule has 1 radical (unpaired) electrons. The van der Waals surface area contributed by atoms with Crippen molar-refractivity contribution in [1.82, 2.24) is 5.32 Å². The van der Waals surface area contributed by atoms with Crippen LogP contribution in [0.5, 0.6) is 11.5 Å². The first-order chi connectivity index (χ1) is 17.3. The number of anilines is 1. The molecule has 8 nitrogen and oxygen atoms in total. The lowest BCUT2D eigenvalue weighted by Crippen LogP contribution is -2.45. The van der Waals surface area contributed by atoms with Crippen molar-refractivity contribution >= 4 is 23.4 Å². The Morgan fingerprint density at radius 3 is 2.36 bits per heavy atom. The van der Waals surface area contributed by atoms with E-state index in [1.54, 1.807) is 19.1 Å². The van der Waals surface area contributed by atoms with Gasteiger partial charge in [-0.1, -0.05) is 55.5 Å². The topological polar surface area (TPSA) is 131 Å². The van der Waals surface area contributed by atoms with Crippen LogP contribution in [0.4, 0.5) is 5.69 Å². The number of amides is 3. The summed E-state index contributed by atoms with van der Waals surface area (Å²) in [6.07, 6.45) is 1.69. The second-order valence-corrected chi connectivity index (χ2v) is 8.47. The van der Waals surface area contributed by atoms with Crippen LogP contribution < -0.4 is 21.1 Å². The molecule has 0 heterocycles. The summed E-state index contributed by atoms with van der Waals surface area (Å²) in [6, 6.07) is 22.3. The molecule has 5 N–H and O–H groups in total. The van der Waals surface area contributed by atoms with Crippen molar-refractivity contribution in [2.45, 2.75) is 32.4 Å². The van der Waals surface area contributed by atoms with Crippen LogP contribution >= 0.6 is 0 Å². The predicted molar refractivity (Wildman–Crippen MR) is 137 cm³/mol. The number of carbonyl (C=O) groups is 3. The minimum Gasteiger partial charge on any atom is -0.508 e. The molecule has 3 aromatic rings. The Kier molecular flexibility index (Phi) is 9.45. The maximum absolute atomic E-state index is 13.0. The first-order valence-corrected chi connectivity index (χ1v) is 11.6. The smallest absolute Gasteiger partial charge is 0.247 e. The molecule has 3 aromatic carbocycles. The second kappa shape index (κ2) is 12.9. The summed E-state index contributed by atoms with van der Waals surface area (Å²) in [6.45, 7) is 2.06. The first kappa shape index (κ1) is 26.3. The number of carbonyl (C=O) groups excluding carboxylic acids is 3. The highest BCUT2D eigenvalue weighted by Gasteiger charge is 2.22. The van der Waals surface area contributed by atoms with Crippen molar-refractivity contribution in [2.24, 2.45) is 11.7 Å². The zero-order chi connectivity index (χ0) is 25.9. The van der Waals surface area contributed by atoms with E-state index < -0.39 is 29.7 Å². The third-order valence-electron chi connectivity index (χ3n) is 5.50. The summed E-state index contributed by atoms with van der Waals surface area (Å²) in [7, 11) is 0. The average Bonchev–Trinajstić information content (AvgIpc) is 2.87. The molecule has 0 aliphatic rings. The lowest BCUT2D eigenvalue weighted by atomic mass is 10.0. The number of benzene rings is 3. The number of hydrogen-bond acceptors (Lipinski definition) is 5. The summed E-state index contributed by atoms with van der Waals surface area (Å²) in [5.41, 5.74) is 7.51. The van der Waals surface area contributed by atoms with Gasteiger partial charge in [-0.15, -0.1) is 0 Å². The van der Waals surface area contributed by atoms with Gasteiger partial charge in [-0.25, -0.2) is 0 Å². The Morgan fingerprint density at radius 2 is 1.69 bits per heavy atom. The zero-order valence-electron chi connectivity index (χ0n) is 20.0. The Hall–Kier alpha value is -4.33. The molecular weight excluding hydrogens is 458 g/mol. The molecular formula is C28H30N3O5. The van der Waals surface area contributed by atoms with Crippen LogP contribution in [0, 0.1) is 12.3 Å². The number of nitrogens with two attached hydrogens (primary N) is 1. The fraction of sp³-hybridized carbons (Fsp3) is 0.214. The molecule has 0 saturated heterocycles. The number of aromatic hydroxyl groups is 1. The molecule has 3 amide bonds. The van der Waals surface area contributed by atoms with Gasteiger partial charge in [0, 0.05) is 24.1 Å². The fourth-order valence-electron chi connectivity index (χ4n) is 3.35. The molecule has 187 valence electrons. The number of rotatable bonds is 12.